The second-order valence-corrected chi connectivity index (χ2v) is 3.22. The molecule has 1 unspecified atom stereocenters. The number of nitrogens with zero attached hydrogens (tertiary/aromatic N) is 1. The molecule has 9 heteroatoms. The number of aliphatic carboxylic acids is 2. The standard InChI is InChI=1S/C8H13N3O6/c1-4(7(9)16)10-8(17)11(2-5(12)13)3-6(14)15/h4H,2-3H2,1H3,(H2,9,16)(H,10,17)(H,12,13)(H,14,15). The highest BCUT2D eigenvalue weighted by atomic mass is 16.4. The van der Waals surface area contributed by atoms with Gasteiger partial charge in [-0.25, -0.2) is 4.79 Å². The number of carboxylic acid groups (broad SMARTS) is 2. The zero-order valence-electron chi connectivity index (χ0n) is 9.04. The molecule has 0 rings (SSSR count). The fraction of sp³-hybridized carbons (Fsp3) is 0.500. The summed E-state index contributed by atoms with van der Waals surface area (Å²) in [4.78, 5) is 43.4. The number of primary amides is 1. The van der Waals surface area contributed by atoms with Gasteiger partial charge in [-0.1, -0.05) is 0 Å². The summed E-state index contributed by atoms with van der Waals surface area (Å²) in [5, 5.41) is 19.0. The van der Waals surface area contributed by atoms with Crippen LogP contribution in [-0.2, 0) is 14.4 Å². The van der Waals surface area contributed by atoms with Gasteiger partial charge in [-0.2, -0.15) is 0 Å². The zero-order chi connectivity index (χ0) is 13.6. The third-order valence-electron chi connectivity index (χ3n) is 1.71. The monoisotopic (exact) mass is 247 g/mol. The van der Waals surface area contributed by atoms with Crippen molar-refractivity contribution in [2.45, 2.75) is 13.0 Å². The van der Waals surface area contributed by atoms with Gasteiger partial charge in [0.05, 0.1) is 0 Å². The van der Waals surface area contributed by atoms with Crippen LogP contribution in [0.4, 0.5) is 4.79 Å². The number of urea groups is 1. The molecular weight excluding hydrogens is 234 g/mol. The van der Waals surface area contributed by atoms with Gasteiger partial charge in [-0.3, -0.25) is 14.4 Å². The van der Waals surface area contributed by atoms with Gasteiger partial charge in [0.1, 0.15) is 19.1 Å². The Morgan fingerprint density at radius 2 is 1.59 bits per heavy atom. The maximum Gasteiger partial charge on any atom is 0.323 e. The molecular formula is C8H13N3O6. The van der Waals surface area contributed by atoms with E-state index in [2.05, 4.69) is 5.32 Å². The SMILES string of the molecule is CC(NC(=O)N(CC(=O)O)CC(=O)O)C(N)=O. The van der Waals surface area contributed by atoms with E-state index < -0.39 is 43.0 Å². The van der Waals surface area contributed by atoms with Crippen LogP contribution in [0.5, 0.6) is 0 Å². The van der Waals surface area contributed by atoms with Crippen LogP contribution >= 0.6 is 0 Å². The highest BCUT2D eigenvalue weighted by Crippen LogP contribution is 1.92. The summed E-state index contributed by atoms with van der Waals surface area (Å²) in [5.41, 5.74) is 4.88. The molecule has 0 saturated heterocycles. The summed E-state index contributed by atoms with van der Waals surface area (Å²) in [6.45, 7) is -0.285. The first kappa shape index (κ1) is 14.7. The van der Waals surface area contributed by atoms with Crippen LogP contribution in [0.25, 0.3) is 0 Å². The van der Waals surface area contributed by atoms with E-state index in [-0.39, 0.29) is 0 Å². The van der Waals surface area contributed by atoms with Crippen molar-refractivity contribution in [3.63, 3.8) is 0 Å². The Morgan fingerprint density at radius 3 is 1.88 bits per heavy atom. The lowest BCUT2D eigenvalue weighted by Gasteiger charge is -2.20. The lowest BCUT2D eigenvalue weighted by atomic mass is 10.3. The summed E-state index contributed by atoms with van der Waals surface area (Å²) in [6, 6.07) is -2.01. The molecule has 0 aliphatic carbocycles. The number of carbonyl (C=O) groups excluding carboxylic acids is 2. The second-order valence-electron chi connectivity index (χ2n) is 3.22. The Hall–Kier alpha value is -2.32. The largest absolute Gasteiger partial charge is 0.480 e. The third-order valence-corrected chi connectivity index (χ3v) is 1.71. The number of nitrogens with one attached hydrogen (secondary N) is 1. The van der Waals surface area contributed by atoms with Gasteiger partial charge in [0, 0.05) is 0 Å². The van der Waals surface area contributed by atoms with Crippen LogP contribution in [0.1, 0.15) is 6.92 Å². The quantitative estimate of drug-likeness (QED) is 0.428. The minimum Gasteiger partial charge on any atom is -0.480 e. The molecule has 0 radical (unpaired) electrons. The van der Waals surface area contributed by atoms with E-state index in [1.807, 2.05) is 0 Å². The Kier molecular flexibility index (Phi) is 5.44. The topological polar surface area (TPSA) is 150 Å². The number of amides is 3. The summed E-state index contributed by atoms with van der Waals surface area (Å²) >= 11 is 0. The molecule has 0 aliphatic heterocycles. The average molecular weight is 247 g/mol. The van der Waals surface area contributed by atoms with Gasteiger partial charge < -0.3 is 26.2 Å². The average Bonchev–Trinajstić information content (AvgIpc) is 2.14. The van der Waals surface area contributed by atoms with Gasteiger partial charge in [0.25, 0.3) is 0 Å². The second kappa shape index (κ2) is 6.30. The van der Waals surface area contributed by atoms with Gasteiger partial charge >= 0.3 is 18.0 Å². The van der Waals surface area contributed by atoms with Crippen molar-refractivity contribution in [3.8, 4) is 0 Å². The molecule has 17 heavy (non-hydrogen) atoms. The van der Waals surface area contributed by atoms with Crippen molar-refractivity contribution in [2.24, 2.45) is 5.73 Å². The molecule has 0 aromatic carbocycles. The van der Waals surface area contributed by atoms with E-state index >= 15 is 0 Å². The normalized spacial score (nSPS) is 11.4. The van der Waals surface area contributed by atoms with Gasteiger partial charge in [0.15, 0.2) is 0 Å². The lowest BCUT2D eigenvalue weighted by molar-refractivity contribution is -0.140. The first-order valence-electron chi connectivity index (χ1n) is 4.52. The minimum absolute atomic E-state index is 0.532. The zero-order valence-corrected chi connectivity index (χ0v) is 9.04. The Balaban J connectivity index is 4.57. The molecule has 0 heterocycles. The van der Waals surface area contributed by atoms with E-state index in [4.69, 9.17) is 15.9 Å². The number of nitrogens with two attached hydrogens (primary N) is 1. The molecule has 9 nitrogen and oxygen atoms in total. The summed E-state index contributed by atoms with van der Waals surface area (Å²) in [7, 11) is 0. The molecule has 0 bridgehead atoms. The predicted molar refractivity (Wildman–Crippen MR) is 54.0 cm³/mol. The van der Waals surface area contributed by atoms with Crippen LogP contribution in [0.15, 0.2) is 0 Å². The van der Waals surface area contributed by atoms with Crippen LogP contribution in [-0.4, -0.2) is 58.1 Å². The van der Waals surface area contributed by atoms with Crippen LogP contribution < -0.4 is 11.1 Å². The predicted octanol–water partition coefficient (Wildman–Crippen LogP) is -1.96. The number of rotatable bonds is 6. The van der Waals surface area contributed by atoms with E-state index in [0.29, 0.717) is 4.90 Å². The number of carboxylic acids is 2. The minimum atomic E-state index is -1.37. The molecule has 0 aromatic rings. The Morgan fingerprint density at radius 1 is 1.18 bits per heavy atom. The maximum absolute atomic E-state index is 11.4. The summed E-state index contributed by atoms with van der Waals surface area (Å²) in [6.07, 6.45) is 0. The van der Waals surface area contributed by atoms with Crippen LogP contribution in [0.2, 0.25) is 0 Å². The molecule has 1 atom stereocenters. The molecule has 0 spiro atoms. The Bertz CT molecular complexity index is 326. The van der Waals surface area contributed by atoms with E-state index in [9.17, 15) is 19.2 Å². The number of carbonyl (C=O) groups is 4. The number of hydrogen-bond acceptors (Lipinski definition) is 4. The lowest BCUT2D eigenvalue weighted by Crippen LogP contribution is -2.51. The first-order valence-corrected chi connectivity index (χ1v) is 4.52. The number of hydrogen-bond donors (Lipinski definition) is 4. The van der Waals surface area contributed by atoms with Crippen molar-refractivity contribution in [2.75, 3.05) is 13.1 Å². The molecule has 0 aromatic heterocycles. The molecule has 3 amide bonds. The van der Waals surface area contributed by atoms with Crippen molar-refractivity contribution in [1.82, 2.24) is 10.2 Å². The molecule has 96 valence electrons. The van der Waals surface area contributed by atoms with E-state index in [1.54, 1.807) is 0 Å². The smallest absolute Gasteiger partial charge is 0.323 e. The third kappa shape index (κ3) is 5.97. The van der Waals surface area contributed by atoms with Crippen molar-refractivity contribution < 1.29 is 29.4 Å². The highest BCUT2D eigenvalue weighted by Gasteiger charge is 2.22. The van der Waals surface area contributed by atoms with Crippen LogP contribution in [0, 0.1) is 0 Å². The maximum atomic E-state index is 11.4. The van der Waals surface area contributed by atoms with Crippen LogP contribution in [0.3, 0.4) is 0 Å². The van der Waals surface area contributed by atoms with Gasteiger partial charge in [-0.05, 0) is 6.92 Å². The molecule has 0 fully saturated rings. The fourth-order valence-corrected chi connectivity index (χ4v) is 0.874. The van der Waals surface area contributed by atoms with E-state index in [1.165, 1.54) is 6.92 Å². The van der Waals surface area contributed by atoms with Crippen molar-refractivity contribution in [3.05, 3.63) is 0 Å². The highest BCUT2D eigenvalue weighted by molar-refractivity contribution is 5.88. The van der Waals surface area contributed by atoms with Gasteiger partial charge in [0.2, 0.25) is 5.91 Å². The Labute approximate surface area is 96.2 Å². The van der Waals surface area contributed by atoms with E-state index in [0.717, 1.165) is 0 Å². The molecule has 0 aliphatic rings. The molecule has 5 N–H and O–H groups in total. The first-order chi connectivity index (χ1) is 7.73. The summed E-state index contributed by atoms with van der Waals surface area (Å²) in [5.74, 6) is -3.55. The van der Waals surface area contributed by atoms with Crippen molar-refractivity contribution >= 4 is 23.9 Å². The molecule has 0 saturated carbocycles. The van der Waals surface area contributed by atoms with Gasteiger partial charge in [-0.15, -0.1) is 0 Å². The van der Waals surface area contributed by atoms with Crippen molar-refractivity contribution in [1.29, 1.82) is 0 Å². The summed E-state index contributed by atoms with van der Waals surface area (Å²) < 4.78 is 0. The fourth-order valence-electron chi connectivity index (χ4n) is 0.874.